The lowest BCUT2D eigenvalue weighted by molar-refractivity contribution is 0.0696. The maximum absolute atomic E-state index is 11.2. The minimum absolute atomic E-state index is 0.107. The first-order chi connectivity index (χ1) is 10.0. The number of para-hydroxylation sites is 1. The molecule has 0 atom stereocenters. The Hall–Kier alpha value is -2.87. The highest BCUT2D eigenvalue weighted by Crippen LogP contribution is 2.22. The number of aromatic carboxylic acids is 1. The minimum atomic E-state index is -1.00. The molecule has 0 saturated carbocycles. The Balaban J connectivity index is 2.44. The van der Waals surface area contributed by atoms with Gasteiger partial charge in [-0.05, 0) is 30.2 Å². The number of pyridine rings is 1. The highest BCUT2D eigenvalue weighted by Gasteiger charge is 2.11. The number of hydrogen-bond donors (Lipinski definition) is 2. The van der Waals surface area contributed by atoms with Crippen molar-refractivity contribution in [3.05, 3.63) is 53.2 Å². The number of hydrogen-bond acceptors (Lipinski definition) is 4. The van der Waals surface area contributed by atoms with Crippen LogP contribution in [0.4, 0.5) is 11.5 Å². The summed E-state index contributed by atoms with van der Waals surface area (Å²) in [5.74, 6) is -0.478. The first kappa shape index (κ1) is 14.5. The SMILES string of the molecule is CC(C)c1cc(C(=O)O)cc(Nc2ccccc2C#N)n1. The van der Waals surface area contributed by atoms with Gasteiger partial charge in [-0.2, -0.15) is 5.26 Å². The van der Waals surface area contributed by atoms with E-state index in [1.807, 2.05) is 13.8 Å². The molecule has 2 rings (SSSR count). The number of rotatable bonds is 4. The van der Waals surface area contributed by atoms with Crippen molar-refractivity contribution in [1.29, 1.82) is 5.26 Å². The molecule has 2 N–H and O–H groups in total. The zero-order chi connectivity index (χ0) is 15.4. The predicted molar refractivity (Wildman–Crippen MR) is 79.7 cm³/mol. The molecule has 1 aromatic heterocycles. The quantitative estimate of drug-likeness (QED) is 0.895. The van der Waals surface area contributed by atoms with Crippen LogP contribution in [0.25, 0.3) is 0 Å². The molecule has 106 valence electrons. The summed E-state index contributed by atoms with van der Waals surface area (Å²) in [6.07, 6.45) is 0. The fourth-order valence-corrected chi connectivity index (χ4v) is 1.86. The summed E-state index contributed by atoms with van der Waals surface area (Å²) in [6.45, 7) is 3.89. The summed E-state index contributed by atoms with van der Waals surface area (Å²) < 4.78 is 0. The van der Waals surface area contributed by atoms with Crippen LogP contribution in [0.1, 0.15) is 41.4 Å². The van der Waals surface area contributed by atoms with Crippen molar-refractivity contribution in [1.82, 2.24) is 4.98 Å². The zero-order valence-electron chi connectivity index (χ0n) is 11.8. The Kier molecular flexibility index (Phi) is 4.19. The molecule has 5 nitrogen and oxygen atoms in total. The van der Waals surface area contributed by atoms with Gasteiger partial charge in [0.05, 0.1) is 16.8 Å². The monoisotopic (exact) mass is 281 g/mol. The predicted octanol–water partition coefficient (Wildman–Crippen LogP) is 3.52. The van der Waals surface area contributed by atoms with Gasteiger partial charge in [-0.1, -0.05) is 26.0 Å². The topological polar surface area (TPSA) is 86.0 Å². The van der Waals surface area contributed by atoms with Crippen molar-refractivity contribution in [2.45, 2.75) is 19.8 Å². The first-order valence-electron chi connectivity index (χ1n) is 6.52. The molecule has 1 aromatic carbocycles. The van der Waals surface area contributed by atoms with Crippen LogP contribution in [0.3, 0.4) is 0 Å². The lowest BCUT2D eigenvalue weighted by Crippen LogP contribution is -2.05. The molecule has 0 aliphatic carbocycles. The largest absolute Gasteiger partial charge is 0.478 e. The minimum Gasteiger partial charge on any atom is -0.478 e. The number of nitriles is 1. The van der Waals surface area contributed by atoms with Gasteiger partial charge in [0.2, 0.25) is 0 Å². The molecular weight excluding hydrogens is 266 g/mol. The Bertz CT molecular complexity index is 718. The summed E-state index contributed by atoms with van der Waals surface area (Å²) in [5, 5.41) is 21.3. The molecule has 0 fully saturated rings. The maximum Gasteiger partial charge on any atom is 0.335 e. The molecule has 0 saturated heterocycles. The second kappa shape index (κ2) is 6.06. The standard InChI is InChI=1S/C16H15N3O2/c1-10(2)14-7-12(16(20)21)8-15(19-14)18-13-6-4-3-5-11(13)9-17/h3-8,10H,1-2H3,(H,18,19)(H,20,21). The van der Waals surface area contributed by atoms with Gasteiger partial charge in [0, 0.05) is 5.69 Å². The molecule has 2 aromatic rings. The molecule has 1 heterocycles. The third-order valence-corrected chi connectivity index (χ3v) is 2.99. The molecule has 5 heteroatoms. The summed E-state index contributed by atoms with van der Waals surface area (Å²) >= 11 is 0. The molecule has 21 heavy (non-hydrogen) atoms. The lowest BCUT2D eigenvalue weighted by atomic mass is 10.1. The van der Waals surface area contributed by atoms with Crippen LogP contribution in [0.5, 0.6) is 0 Å². The Labute approximate surface area is 122 Å². The van der Waals surface area contributed by atoms with E-state index < -0.39 is 5.97 Å². The van der Waals surface area contributed by atoms with Crippen molar-refractivity contribution in [2.24, 2.45) is 0 Å². The van der Waals surface area contributed by atoms with Gasteiger partial charge in [0.25, 0.3) is 0 Å². The molecule has 0 unspecified atom stereocenters. The fraction of sp³-hybridized carbons (Fsp3) is 0.188. The average molecular weight is 281 g/mol. The van der Waals surface area contributed by atoms with Crippen LogP contribution in [0.15, 0.2) is 36.4 Å². The van der Waals surface area contributed by atoms with E-state index in [9.17, 15) is 9.90 Å². The number of carboxylic acids is 1. The van der Waals surface area contributed by atoms with E-state index >= 15 is 0 Å². The van der Waals surface area contributed by atoms with Crippen molar-refractivity contribution < 1.29 is 9.90 Å². The van der Waals surface area contributed by atoms with Crippen LogP contribution in [0.2, 0.25) is 0 Å². The summed E-state index contributed by atoms with van der Waals surface area (Å²) in [6, 6.07) is 12.1. The summed E-state index contributed by atoms with van der Waals surface area (Å²) in [4.78, 5) is 15.6. The second-order valence-corrected chi connectivity index (χ2v) is 4.91. The number of nitrogens with one attached hydrogen (secondary N) is 1. The van der Waals surface area contributed by atoms with Gasteiger partial charge in [0.1, 0.15) is 11.9 Å². The number of carboxylic acid groups (broad SMARTS) is 1. The van der Waals surface area contributed by atoms with Crippen LogP contribution in [-0.4, -0.2) is 16.1 Å². The van der Waals surface area contributed by atoms with Gasteiger partial charge in [-0.3, -0.25) is 0 Å². The Morgan fingerprint density at radius 3 is 2.67 bits per heavy atom. The molecule has 0 amide bonds. The van der Waals surface area contributed by atoms with Gasteiger partial charge < -0.3 is 10.4 Å². The molecule has 0 spiro atoms. The number of nitrogens with zero attached hydrogens (tertiary/aromatic N) is 2. The Morgan fingerprint density at radius 1 is 1.33 bits per heavy atom. The van der Waals surface area contributed by atoms with Crippen LogP contribution >= 0.6 is 0 Å². The van der Waals surface area contributed by atoms with Gasteiger partial charge in [-0.15, -0.1) is 0 Å². The molecule has 0 aliphatic rings. The van der Waals surface area contributed by atoms with E-state index in [2.05, 4.69) is 16.4 Å². The second-order valence-electron chi connectivity index (χ2n) is 4.91. The Morgan fingerprint density at radius 2 is 2.05 bits per heavy atom. The van der Waals surface area contributed by atoms with E-state index in [4.69, 9.17) is 5.26 Å². The normalized spacial score (nSPS) is 10.2. The van der Waals surface area contributed by atoms with E-state index in [0.29, 0.717) is 22.8 Å². The highest BCUT2D eigenvalue weighted by atomic mass is 16.4. The highest BCUT2D eigenvalue weighted by molar-refractivity contribution is 5.89. The molecular formula is C16H15N3O2. The van der Waals surface area contributed by atoms with E-state index in [1.165, 1.54) is 6.07 Å². The smallest absolute Gasteiger partial charge is 0.335 e. The number of anilines is 2. The van der Waals surface area contributed by atoms with Crippen LogP contribution in [0, 0.1) is 11.3 Å². The van der Waals surface area contributed by atoms with Gasteiger partial charge >= 0.3 is 5.97 Å². The fourth-order valence-electron chi connectivity index (χ4n) is 1.86. The molecule has 0 aliphatic heterocycles. The van der Waals surface area contributed by atoms with Crippen molar-refractivity contribution in [3.63, 3.8) is 0 Å². The number of carbonyl (C=O) groups is 1. The molecule has 0 bridgehead atoms. The third-order valence-electron chi connectivity index (χ3n) is 2.99. The third kappa shape index (κ3) is 3.37. The van der Waals surface area contributed by atoms with E-state index in [1.54, 1.807) is 30.3 Å². The van der Waals surface area contributed by atoms with Crippen molar-refractivity contribution in [3.8, 4) is 6.07 Å². The van der Waals surface area contributed by atoms with Crippen LogP contribution < -0.4 is 5.32 Å². The maximum atomic E-state index is 11.2. The summed E-state index contributed by atoms with van der Waals surface area (Å²) in [7, 11) is 0. The van der Waals surface area contributed by atoms with Gasteiger partial charge in [0.15, 0.2) is 0 Å². The van der Waals surface area contributed by atoms with Crippen molar-refractivity contribution in [2.75, 3.05) is 5.32 Å². The van der Waals surface area contributed by atoms with E-state index in [-0.39, 0.29) is 11.5 Å². The van der Waals surface area contributed by atoms with E-state index in [0.717, 1.165) is 0 Å². The zero-order valence-corrected chi connectivity index (χ0v) is 11.8. The molecule has 0 radical (unpaired) electrons. The van der Waals surface area contributed by atoms with Crippen LogP contribution in [-0.2, 0) is 0 Å². The number of benzene rings is 1. The first-order valence-corrected chi connectivity index (χ1v) is 6.52. The summed E-state index contributed by atoms with van der Waals surface area (Å²) in [5.41, 5.74) is 1.94. The van der Waals surface area contributed by atoms with Crippen molar-refractivity contribution >= 4 is 17.5 Å². The number of aromatic nitrogens is 1. The lowest BCUT2D eigenvalue weighted by Gasteiger charge is -2.12. The average Bonchev–Trinajstić information content (AvgIpc) is 2.47. The van der Waals surface area contributed by atoms with Gasteiger partial charge in [-0.25, -0.2) is 9.78 Å².